The first kappa shape index (κ1) is 25.5. The quantitative estimate of drug-likeness (QED) is 0.434. The molecule has 2 aromatic carbocycles. The van der Waals surface area contributed by atoms with Crippen molar-refractivity contribution < 1.29 is 23.4 Å². The van der Waals surface area contributed by atoms with Gasteiger partial charge in [-0.25, -0.2) is 4.39 Å². The fourth-order valence-electron chi connectivity index (χ4n) is 4.94. The summed E-state index contributed by atoms with van der Waals surface area (Å²) >= 11 is 0. The molecule has 7 heteroatoms. The number of rotatable bonds is 11. The standard InChI is InChI=1S/C28H37FN2O4/c1-33-28(22-35-26-11-3-2-10-25(26)29)13-6-15-30(18-14-28)21-23-8-4-9-24(20-23)34-19-7-17-31-16-5-12-27(31)32/h2-4,8-11,20H,5-7,12-19,21-22H2,1H3/t28-/m0/s1. The number of likely N-dealkylation sites (tertiary alicyclic amines) is 2. The topological polar surface area (TPSA) is 51.2 Å². The molecule has 2 aliphatic heterocycles. The van der Waals surface area contributed by atoms with Gasteiger partial charge in [0.1, 0.15) is 18.0 Å². The first-order valence-electron chi connectivity index (χ1n) is 12.7. The molecule has 6 nitrogen and oxygen atoms in total. The van der Waals surface area contributed by atoms with E-state index in [-0.39, 0.29) is 17.5 Å². The van der Waals surface area contributed by atoms with Gasteiger partial charge in [0.25, 0.3) is 0 Å². The monoisotopic (exact) mass is 484 g/mol. The van der Waals surface area contributed by atoms with Crippen LogP contribution in [0.3, 0.4) is 0 Å². The van der Waals surface area contributed by atoms with Gasteiger partial charge in [-0.2, -0.15) is 0 Å². The number of hydrogen-bond acceptors (Lipinski definition) is 5. The van der Waals surface area contributed by atoms with Crippen molar-refractivity contribution in [2.75, 3.05) is 46.5 Å². The zero-order valence-electron chi connectivity index (χ0n) is 20.7. The molecule has 0 aliphatic carbocycles. The van der Waals surface area contributed by atoms with Crippen molar-refractivity contribution in [2.24, 2.45) is 0 Å². The van der Waals surface area contributed by atoms with Crippen LogP contribution in [0.5, 0.6) is 11.5 Å². The number of methoxy groups -OCH3 is 1. The average Bonchev–Trinajstić information content (AvgIpc) is 3.17. The first-order valence-corrected chi connectivity index (χ1v) is 12.7. The van der Waals surface area contributed by atoms with Crippen LogP contribution in [0, 0.1) is 5.82 Å². The van der Waals surface area contributed by atoms with Gasteiger partial charge in [-0.05, 0) is 68.5 Å². The van der Waals surface area contributed by atoms with Crippen molar-refractivity contribution in [1.82, 2.24) is 9.80 Å². The summed E-state index contributed by atoms with van der Waals surface area (Å²) in [5, 5.41) is 0. The number of nitrogens with zero attached hydrogens (tertiary/aromatic N) is 2. The predicted molar refractivity (Wildman–Crippen MR) is 133 cm³/mol. The molecule has 190 valence electrons. The largest absolute Gasteiger partial charge is 0.494 e. The Kier molecular flexibility index (Phi) is 8.99. The van der Waals surface area contributed by atoms with Crippen LogP contribution in [-0.2, 0) is 16.1 Å². The van der Waals surface area contributed by atoms with E-state index in [9.17, 15) is 9.18 Å². The number of amides is 1. The molecule has 0 spiro atoms. The molecular formula is C28H37FN2O4. The summed E-state index contributed by atoms with van der Waals surface area (Å²) in [6.07, 6.45) is 5.18. The normalized spacial score (nSPS) is 21.2. The minimum Gasteiger partial charge on any atom is -0.494 e. The van der Waals surface area contributed by atoms with Gasteiger partial charge in [-0.1, -0.05) is 24.3 Å². The summed E-state index contributed by atoms with van der Waals surface area (Å²) in [7, 11) is 1.72. The third-order valence-corrected chi connectivity index (χ3v) is 7.07. The van der Waals surface area contributed by atoms with E-state index in [1.807, 2.05) is 17.0 Å². The number of para-hydroxylation sites is 1. The molecule has 2 fully saturated rings. The van der Waals surface area contributed by atoms with Gasteiger partial charge in [0, 0.05) is 39.7 Å². The molecule has 0 N–H and O–H groups in total. The summed E-state index contributed by atoms with van der Waals surface area (Å²) in [5.41, 5.74) is 0.795. The Hall–Kier alpha value is -2.64. The van der Waals surface area contributed by atoms with Crippen molar-refractivity contribution >= 4 is 5.91 Å². The highest BCUT2D eigenvalue weighted by Gasteiger charge is 2.34. The van der Waals surface area contributed by atoms with Gasteiger partial charge in [0.05, 0.1) is 6.61 Å². The highest BCUT2D eigenvalue weighted by molar-refractivity contribution is 5.77. The molecule has 0 saturated carbocycles. The van der Waals surface area contributed by atoms with Crippen LogP contribution in [-0.4, -0.2) is 67.8 Å². The second-order valence-electron chi connectivity index (χ2n) is 9.57. The van der Waals surface area contributed by atoms with Crippen LogP contribution < -0.4 is 9.47 Å². The van der Waals surface area contributed by atoms with Crippen LogP contribution in [0.2, 0.25) is 0 Å². The molecule has 2 aliphatic rings. The lowest BCUT2D eigenvalue weighted by atomic mass is 9.95. The summed E-state index contributed by atoms with van der Waals surface area (Å²) < 4.78 is 31.7. The summed E-state index contributed by atoms with van der Waals surface area (Å²) in [5.74, 6) is 1.06. The van der Waals surface area contributed by atoms with Crippen LogP contribution in [0.4, 0.5) is 4.39 Å². The number of carbonyl (C=O) groups excluding carboxylic acids is 1. The molecule has 2 heterocycles. The molecule has 35 heavy (non-hydrogen) atoms. The third kappa shape index (κ3) is 7.18. The van der Waals surface area contributed by atoms with Crippen molar-refractivity contribution in [1.29, 1.82) is 0 Å². The van der Waals surface area contributed by atoms with E-state index >= 15 is 0 Å². The number of halogens is 1. The maximum atomic E-state index is 14.0. The smallest absolute Gasteiger partial charge is 0.222 e. The van der Waals surface area contributed by atoms with E-state index in [1.165, 1.54) is 11.6 Å². The Morgan fingerprint density at radius 2 is 1.89 bits per heavy atom. The number of benzene rings is 2. The lowest BCUT2D eigenvalue weighted by Gasteiger charge is -2.31. The van der Waals surface area contributed by atoms with E-state index in [4.69, 9.17) is 14.2 Å². The van der Waals surface area contributed by atoms with Crippen LogP contribution >= 0.6 is 0 Å². The Labute approximate surface area is 208 Å². The molecule has 1 atom stereocenters. The second kappa shape index (κ2) is 12.4. The van der Waals surface area contributed by atoms with Crippen molar-refractivity contribution in [3.8, 4) is 11.5 Å². The minimum atomic E-state index is -0.418. The average molecular weight is 485 g/mol. The van der Waals surface area contributed by atoms with E-state index in [0.29, 0.717) is 19.6 Å². The van der Waals surface area contributed by atoms with E-state index in [0.717, 1.165) is 70.6 Å². The molecule has 2 saturated heterocycles. The zero-order chi connectivity index (χ0) is 24.5. The molecule has 2 aromatic rings. The molecule has 0 radical (unpaired) electrons. The maximum Gasteiger partial charge on any atom is 0.222 e. The minimum absolute atomic E-state index is 0.265. The Balaban J connectivity index is 1.25. The third-order valence-electron chi connectivity index (χ3n) is 7.07. The highest BCUT2D eigenvalue weighted by Crippen LogP contribution is 2.29. The van der Waals surface area contributed by atoms with E-state index in [1.54, 1.807) is 25.3 Å². The molecule has 4 rings (SSSR count). The van der Waals surface area contributed by atoms with Crippen LogP contribution in [0.1, 0.15) is 44.1 Å². The van der Waals surface area contributed by atoms with Gasteiger partial charge in [0.15, 0.2) is 11.6 Å². The fourth-order valence-corrected chi connectivity index (χ4v) is 4.94. The summed E-state index contributed by atoms with van der Waals surface area (Å²) in [4.78, 5) is 16.1. The lowest BCUT2D eigenvalue weighted by molar-refractivity contribution is -0.127. The van der Waals surface area contributed by atoms with Crippen molar-refractivity contribution in [3.63, 3.8) is 0 Å². The Morgan fingerprint density at radius 1 is 1.00 bits per heavy atom. The van der Waals surface area contributed by atoms with Crippen molar-refractivity contribution in [3.05, 3.63) is 59.9 Å². The van der Waals surface area contributed by atoms with E-state index < -0.39 is 5.60 Å². The summed E-state index contributed by atoms with van der Waals surface area (Å²) in [6, 6.07) is 14.8. The number of hydrogen-bond donors (Lipinski definition) is 0. The highest BCUT2D eigenvalue weighted by atomic mass is 19.1. The van der Waals surface area contributed by atoms with Gasteiger partial charge >= 0.3 is 0 Å². The predicted octanol–water partition coefficient (Wildman–Crippen LogP) is 4.67. The molecule has 0 aromatic heterocycles. The lowest BCUT2D eigenvalue weighted by Crippen LogP contribution is -2.39. The zero-order valence-corrected chi connectivity index (χ0v) is 20.7. The Morgan fingerprint density at radius 3 is 2.69 bits per heavy atom. The Bertz CT molecular complexity index is 971. The molecule has 1 amide bonds. The molecule has 0 bridgehead atoms. The number of carbonyl (C=O) groups is 1. The van der Waals surface area contributed by atoms with Crippen LogP contribution in [0.25, 0.3) is 0 Å². The number of ether oxygens (including phenoxy) is 3. The van der Waals surface area contributed by atoms with Gasteiger partial charge in [-0.3, -0.25) is 9.69 Å². The maximum absolute atomic E-state index is 14.0. The van der Waals surface area contributed by atoms with Crippen molar-refractivity contribution in [2.45, 2.75) is 50.7 Å². The first-order chi connectivity index (χ1) is 17.1. The second-order valence-corrected chi connectivity index (χ2v) is 9.57. The molecular weight excluding hydrogens is 447 g/mol. The molecule has 0 unspecified atom stereocenters. The fraction of sp³-hybridized carbons (Fsp3) is 0.536. The van der Waals surface area contributed by atoms with E-state index in [2.05, 4.69) is 17.0 Å². The van der Waals surface area contributed by atoms with Crippen LogP contribution in [0.15, 0.2) is 48.5 Å². The van der Waals surface area contributed by atoms with Gasteiger partial charge in [0.2, 0.25) is 5.91 Å². The summed E-state index contributed by atoms with van der Waals surface area (Å²) in [6.45, 7) is 5.29. The SMILES string of the molecule is CO[C@@]1(COc2ccccc2F)CCCN(Cc2cccc(OCCCN3CCCC3=O)c2)CC1. The van der Waals surface area contributed by atoms with Gasteiger partial charge in [-0.15, -0.1) is 0 Å². The van der Waals surface area contributed by atoms with Gasteiger partial charge < -0.3 is 19.1 Å².